The summed E-state index contributed by atoms with van der Waals surface area (Å²) in [4.78, 5) is 20.8. The maximum absolute atomic E-state index is 10.9. The minimum atomic E-state index is -0.750. The van der Waals surface area contributed by atoms with Gasteiger partial charge in [0.2, 0.25) is 0 Å². The third-order valence-electron chi connectivity index (χ3n) is 1.51. The third-order valence-corrected chi connectivity index (χ3v) is 1.51. The Morgan fingerprint density at radius 3 is 2.67 bits per heavy atom. The van der Waals surface area contributed by atoms with E-state index in [2.05, 4.69) is 10.5 Å². The number of rotatable bonds is 2. The fourth-order valence-electron chi connectivity index (χ4n) is 0.937. The number of nitrogens with zero attached hydrogens (tertiary/aromatic N) is 1. The molecule has 0 fully saturated rings. The van der Waals surface area contributed by atoms with Gasteiger partial charge in [0.15, 0.2) is 0 Å². The van der Waals surface area contributed by atoms with Crippen LogP contribution in [0.15, 0.2) is 29.4 Å². The summed E-state index contributed by atoms with van der Waals surface area (Å²) in [7, 11) is 1.68. The second-order valence-corrected chi connectivity index (χ2v) is 2.19. The summed E-state index contributed by atoms with van der Waals surface area (Å²) in [6.45, 7) is 0. The van der Waals surface area contributed by atoms with Crippen molar-refractivity contribution in [3.05, 3.63) is 34.7 Å². The van der Waals surface area contributed by atoms with Crippen LogP contribution in [0.5, 0.6) is 0 Å². The van der Waals surface area contributed by atoms with Crippen LogP contribution in [0, 0.1) is 4.91 Å². The Morgan fingerprint density at radius 1 is 1.42 bits per heavy atom. The van der Waals surface area contributed by atoms with Gasteiger partial charge in [-0.2, -0.15) is 0 Å². The molecule has 0 saturated carbocycles. The normalized spacial score (nSPS) is 9.08. The van der Waals surface area contributed by atoms with Crippen molar-refractivity contribution in [2.24, 2.45) is 5.18 Å². The summed E-state index contributed by atoms with van der Waals surface area (Å²) >= 11 is 0. The Labute approximate surface area is 69.6 Å². The zero-order valence-electron chi connectivity index (χ0n) is 6.57. The first-order valence-corrected chi connectivity index (χ1v) is 3.44. The topological polar surface area (TPSA) is 58.5 Å². The van der Waals surface area contributed by atoms with Gasteiger partial charge in [-0.25, -0.2) is 0 Å². The Hall–Kier alpha value is -1.71. The Morgan fingerprint density at radius 2 is 2.08 bits per heavy atom. The number of nitroso groups, excluding NO2 is 1. The average Bonchev–Trinajstić information content (AvgIpc) is 2.16. The molecule has 0 radical (unpaired) electrons. The lowest BCUT2D eigenvalue weighted by molar-refractivity contribution is 0.100. The van der Waals surface area contributed by atoms with E-state index >= 15 is 0 Å². The molecule has 0 atom stereocenters. The highest BCUT2D eigenvalue weighted by Gasteiger charge is 2.08. The summed E-state index contributed by atoms with van der Waals surface area (Å²) < 4.78 is 0. The maximum Gasteiger partial charge on any atom is 0.318 e. The molecule has 0 aliphatic heterocycles. The lowest BCUT2D eigenvalue weighted by atomic mass is 10.2. The smallest absolute Gasteiger partial charge is 0.318 e. The first-order valence-electron chi connectivity index (χ1n) is 3.44. The predicted molar refractivity (Wildman–Crippen MR) is 46.1 cm³/mol. The van der Waals surface area contributed by atoms with Crippen LogP contribution >= 0.6 is 0 Å². The molecule has 1 aromatic rings. The lowest BCUT2D eigenvalue weighted by Crippen LogP contribution is -1.99. The molecule has 1 amide bonds. The van der Waals surface area contributed by atoms with E-state index in [9.17, 15) is 9.70 Å². The van der Waals surface area contributed by atoms with Crippen molar-refractivity contribution < 1.29 is 4.79 Å². The second-order valence-electron chi connectivity index (χ2n) is 2.19. The van der Waals surface area contributed by atoms with Gasteiger partial charge in [-0.05, 0) is 12.1 Å². The van der Waals surface area contributed by atoms with Crippen LogP contribution in [0.1, 0.15) is 10.4 Å². The highest BCUT2D eigenvalue weighted by Crippen LogP contribution is 2.14. The van der Waals surface area contributed by atoms with Crippen molar-refractivity contribution in [2.75, 3.05) is 12.4 Å². The Kier molecular flexibility index (Phi) is 2.53. The van der Waals surface area contributed by atoms with Gasteiger partial charge in [0.25, 0.3) is 0 Å². The van der Waals surface area contributed by atoms with Crippen LogP contribution in [-0.2, 0) is 0 Å². The van der Waals surface area contributed by atoms with Gasteiger partial charge in [-0.1, -0.05) is 12.1 Å². The quantitative estimate of drug-likeness (QED) is 0.676. The maximum atomic E-state index is 10.9. The number of nitrogens with one attached hydrogen (secondary N) is 1. The summed E-state index contributed by atoms with van der Waals surface area (Å²) in [6, 6.07) is 6.71. The van der Waals surface area contributed by atoms with Crippen molar-refractivity contribution in [1.29, 1.82) is 0 Å². The average molecular weight is 164 g/mol. The minimum Gasteiger partial charge on any atom is -0.387 e. The molecule has 1 aromatic carbocycles. The highest BCUT2D eigenvalue weighted by atomic mass is 16.3. The molecular weight excluding hydrogens is 156 g/mol. The number of hydrogen-bond donors (Lipinski definition) is 1. The molecule has 0 aliphatic rings. The van der Waals surface area contributed by atoms with Gasteiger partial charge < -0.3 is 5.32 Å². The predicted octanol–water partition coefficient (Wildman–Crippen LogP) is 1.63. The van der Waals surface area contributed by atoms with Gasteiger partial charge >= 0.3 is 5.91 Å². The number of benzene rings is 1. The van der Waals surface area contributed by atoms with E-state index < -0.39 is 5.91 Å². The number of anilines is 1. The molecule has 0 unspecified atom stereocenters. The molecule has 62 valence electrons. The summed E-state index contributed by atoms with van der Waals surface area (Å²) in [5, 5.41) is 5.13. The lowest BCUT2D eigenvalue weighted by Gasteiger charge is -2.02. The monoisotopic (exact) mass is 164 g/mol. The van der Waals surface area contributed by atoms with Gasteiger partial charge in [-0.15, -0.1) is 4.91 Å². The molecule has 0 aromatic heterocycles. The van der Waals surface area contributed by atoms with Gasteiger partial charge in [0, 0.05) is 17.9 Å². The number of carbonyl (C=O) groups is 1. The molecule has 0 saturated heterocycles. The van der Waals surface area contributed by atoms with Gasteiger partial charge in [0.1, 0.15) is 0 Å². The standard InChI is InChI=1S/C8H8N2O2/c1-9-7-5-3-2-4-6(7)8(11)10-12/h2-5,9H,1H3. The fraction of sp³-hybridized carbons (Fsp3) is 0.125. The van der Waals surface area contributed by atoms with Crippen molar-refractivity contribution in [1.82, 2.24) is 0 Å². The van der Waals surface area contributed by atoms with Crippen molar-refractivity contribution in [3.8, 4) is 0 Å². The summed E-state index contributed by atoms with van der Waals surface area (Å²) in [5.41, 5.74) is 0.914. The van der Waals surface area contributed by atoms with Crippen LogP contribution in [0.25, 0.3) is 0 Å². The summed E-state index contributed by atoms with van der Waals surface area (Å²) in [5.74, 6) is -0.750. The van der Waals surface area contributed by atoms with E-state index in [1.807, 2.05) is 0 Å². The van der Waals surface area contributed by atoms with E-state index in [1.54, 1.807) is 31.3 Å². The number of hydrogen-bond acceptors (Lipinski definition) is 3. The molecule has 1 rings (SSSR count). The minimum absolute atomic E-state index is 0.301. The molecule has 4 nitrogen and oxygen atoms in total. The zero-order valence-corrected chi connectivity index (χ0v) is 6.57. The van der Waals surface area contributed by atoms with Crippen LogP contribution < -0.4 is 5.32 Å². The molecule has 1 N–H and O–H groups in total. The van der Waals surface area contributed by atoms with E-state index in [0.29, 0.717) is 11.3 Å². The van der Waals surface area contributed by atoms with Gasteiger partial charge in [0.05, 0.1) is 5.56 Å². The first-order chi connectivity index (χ1) is 5.79. The van der Waals surface area contributed by atoms with Crippen LogP contribution in [0.2, 0.25) is 0 Å². The van der Waals surface area contributed by atoms with E-state index in [4.69, 9.17) is 0 Å². The molecule has 0 spiro atoms. The van der Waals surface area contributed by atoms with Crippen molar-refractivity contribution in [3.63, 3.8) is 0 Å². The second kappa shape index (κ2) is 3.61. The molecular formula is C8H8N2O2. The Balaban J connectivity index is 3.13. The van der Waals surface area contributed by atoms with Crippen molar-refractivity contribution in [2.45, 2.75) is 0 Å². The highest BCUT2D eigenvalue weighted by molar-refractivity contribution is 5.99. The van der Waals surface area contributed by atoms with Gasteiger partial charge in [-0.3, -0.25) is 4.79 Å². The number of para-hydroxylation sites is 1. The van der Waals surface area contributed by atoms with E-state index in [0.717, 1.165) is 0 Å². The summed E-state index contributed by atoms with van der Waals surface area (Å²) in [6.07, 6.45) is 0. The zero-order chi connectivity index (χ0) is 8.97. The Bertz CT molecular complexity index is 310. The fourth-order valence-corrected chi connectivity index (χ4v) is 0.937. The molecule has 0 heterocycles. The van der Waals surface area contributed by atoms with E-state index in [-0.39, 0.29) is 0 Å². The molecule has 12 heavy (non-hydrogen) atoms. The van der Waals surface area contributed by atoms with Crippen molar-refractivity contribution >= 4 is 11.6 Å². The molecule has 0 aliphatic carbocycles. The first kappa shape index (κ1) is 8.39. The SMILES string of the molecule is CNc1ccccc1C(=O)N=O. The number of amides is 1. The largest absolute Gasteiger partial charge is 0.387 e. The third kappa shape index (κ3) is 1.47. The molecule has 0 bridgehead atoms. The molecule has 4 heteroatoms. The van der Waals surface area contributed by atoms with Crippen LogP contribution in [0.4, 0.5) is 5.69 Å². The van der Waals surface area contributed by atoms with E-state index in [1.165, 1.54) is 0 Å². The number of carbonyl (C=O) groups excluding carboxylic acids is 1. The van der Waals surface area contributed by atoms with Crippen LogP contribution in [0.3, 0.4) is 0 Å². The van der Waals surface area contributed by atoms with Crippen LogP contribution in [-0.4, -0.2) is 13.0 Å².